The SMILES string of the molecule is COc1cc(Cl)ccc1C(=O)NCc1cccs1. The van der Waals surface area contributed by atoms with Crippen molar-refractivity contribution in [3.05, 3.63) is 51.2 Å². The summed E-state index contributed by atoms with van der Waals surface area (Å²) in [6, 6.07) is 8.88. The number of halogens is 1. The minimum absolute atomic E-state index is 0.170. The van der Waals surface area contributed by atoms with E-state index in [1.54, 1.807) is 29.5 Å². The van der Waals surface area contributed by atoms with Gasteiger partial charge in [0, 0.05) is 9.90 Å². The van der Waals surface area contributed by atoms with Gasteiger partial charge in [-0.3, -0.25) is 4.79 Å². The van der Waals surface area contributed by atoms with E-state index in [0.29, 0.717) is 22.9 Å². The molecule has 18 heavy (non-hydrogen) atoms. The van der Waals surface area contributed by atoms with Crippen molar-refractivity contribution in [2.75, 3.05) is 7.11 Å². The fourth-order valence-corrected chi connectivity index (χ4v) is 2.34. The number of amides is 1. The van der Waals surface area contributed by atoms with Crippen molar-refractivity contribution >= 4 is 28.8 Å². The van der Waals surface area contributed by atoms with Gasteiger partial charge in [0.2, 0.25) is 0 Å². The molecule has 0 saturated heterocycles. The summed E-state index contributed by atoms with van der Waals surface area (Å²) in [6.45, 7) is 0.516. The van der Waals surface area contributed by atoms with Gasteiger partial charge in [-0.1, -0.05) is 17.7 Å². The summed E-state index contributed by atoms with van der Waals surface area (Å²) in [4.78, 5) is 13.1. The Kier molecular flexibility index (Phi) is 4.23. The fourth-order valence-electron chi connectivity index (χ4n) is 1.53. The summed E-state index contributed by atoms with van der Waals surface area (Å²) in [5.41, 5.74) is 0.485. The molecule has 94 valence electrons. The van der Waals surface area contributed by atoms with E-state index in [2.05, 4.69) is 5.32 Å². The molecule has 0 fully saturated rings. The maximum Gasteiger partial charge on any atom is 0.255 e. The van der Waals surface area contributed by atoms with E-state index in [1.165, 1.54) is 7.11 Å². The third-order valence-electron chi connectivity index (χ3n) is 2.41. The predicted octanol–water partition coefficient (Wildman–Crippen LogP) is 3.34. The van der Waals surface area contributed by atoms with Crippen LogP contribution in [0.3, 0.4) is 0 Å². The number of ether oxygens (including phenoxy) is 1. The summed E-state index contributed by atoms with van der Waals surface area (Å²) in [5.74, 6) is 0.308. The number of carbonyl (C=O) groups is 1. The molecule has 5 heteroatoms. The van der Waals surface area contributed by atoms with E-state index in [9.17, 15) is 4.79 Å². The molecule has 1 heterocycles. The van der Waals surface area contributed by atoms with Crippen molar-refractivity contribution in [2.24, 2.45) is 0 Å². The van der Waals surface area contributed by atoms with E-state index in [-0.39, 0.29) is 5.91 Å². The van der Waals surface area contributed by atoms with Crippen molar-refractivity contribution in [2.45, 2.75) is 6.54 Å². The molecule has 0 spiro atoms. The van der Waals surface area contributed by atoms with Crippen LogP contribution in [0.15, 0.2) is 35.7 Å². The number of hydrogen-bond acceptors (Lipinski definition) is 3. The van der Waals surface area contributed by atoms with Crippen LogP contribution >= 0.6 is 22.9 Å². The van der Waals surface area contributed by atoms with Crippen molar-refractivity contribution in [3.8, 4) is 5.75 Å². The number of carbonyl (C=O) groups excluding carboxylic acids is 1. The second kappa shape index (κ2) is 5.89. The summed E-state index contributed by atoms with van der Waals surface area (Å²) >= 11 is 7.45. The quantitative estimate of drug-likeness (QED) is 0.933. The Hall–Kier alpha value is -1.52. The van der Waals surface area contributed by atoms with Crippen LogP contribution in [0.4, 0.5) is 0 Å². The van der Waals surface area contributed by atoms with E-state index >= 15 is 0 Å². The van der Waals surface area contributed by atoms with Gasteiger partial charge in [0.15, 0.2) is 0 Å². The second-order valence-corrected chi connectivity index (χ2v) is 5.08. The zero-order valence-corrected chi connectivity index (χ0v) is 11.3. The van der Waals surface area contributed by atoms with Crippen LogP contribution in [0.2, 0.25) is 5.02 Å². The first-order valence-corrected chi connectivity index (χ1v) is 6.60. The van der Waals surface area contributed by atoms with Crippen LogP contribution in [-0.4, -0.2) is 13.0 Å². The fraction of sp³-hybridized carbons (Fsp3) is 0.154. The highest BCUT2D eigenvalue weighted by Gasteiger charge is 2.12. The highest BCUT2D eigenvalue weighted by Crippen LogP contribution is 2.23. The van der Waals surface area contributed by atoms with Crippen LogP contribution in [0.1, 0.15) is 15.2 Å². The van der Waals surface area contributed by atoms with Gasteiger partial charge in [-0.2, -0.15) is 0 Å². The molecule has 1 N–H and O–H groups in total. The van der Waals surface area contributed by atoms with Gasteiger partial charge in [-0.05, 0) is 29.6 Å². The summed E-state index contributed by atoms with van der Waals surface area (Å²) in [7, 11) is 1.52. The predicted molar refractivity (Wildman–Crippen MR) is 73.5 cm³/mol. The molecule has 0 unspecified atom stereocenters. The maximum atomic E-state index is 12.0. The van der Waals surface area contributed by atoms with E-state index in [4.69, 9.17) is 16.3 Å². The molecule has 1 amide bonds. The average Bonchev–Trinajstić information content (AvgIpc) is 2.88. The topological polar surface area (TPSA) is 38.3 Å². The first kappa shape index (κ1) is 12.9. The Balaban J connectivity index is 2.09. The van der Waals surface area contributed by atoms with Crippen molar-refractivity contribution in [3.63, 3.8) is 0 Å². The number of rotatable bonds is 4. The Morgan fingerprint density at radius 3 is 2.94 bits per heavy atom. The van der Waals surface area contributed by atoms with Gasteiger partial charge < -0.3 is 10.1 Å². The number of benzene rings is 1. The van der Waals surface area contributed by atoms with E-state index < -0.39 is 0 Å². The number of thiophene rings is 1. The minimum atomic E-state index is -0.170. The lowest BCUT2D eigenvalue weighted by atomic mass is 10.2. The standard InChI is InChI=1S/C13H12ClNO2S/c1-17-12-7-9(14)4-5-11(12)13(16)15-8-10-3-2-6-18-10/h2-7H,8H2,1H3,(H,15,16). The molecule has 0 aliphatic rings. The second-order valence-electron chi connectivity index (χ2n) is 3.61. The molecular weight excluding hydrogens is 270 g/mol. The largest absolute Gasteiger partial charge is 0.496 e. The van der Waals surface area contributed by atoms with Crippen molar-refractivity contribution < 1.29 is 9.53 Å². The first-order valence-electron chi connectivity index (χ1n) is 5.35. The highest BCUT2D eigenvalue weighted by molar-refractivity contribution is 7.09. The van der Waals surface area contributed by atoms with Gasteiger partial charge in [-0.15, -0.1) is 11.3 Å². The normalized spacial score (nSPS) is 10.1. The van der Waals surface area contributed by atoms with E-state index in [0.717, 1.165) is 4.88 Å². The van der Waals surface area contributed by atoms with Gasteiger partial charge in [-0.25, -0.2) is 0 Å². The van der Waals surface area contributed by atoms with Crippen LogP contribution in [0.25, 0.3) is 0 Å². The number of hydrogen-bond donors (Lipinski definition) is 1. The number of nitrogens with one attached hydrogen (secondary N) is 1. The maximum absolute atomic E-state index is 12.0. The molecule has 0 saturated carbocycles. The van der Waals surface area contributed by atoms with Gasteiger partial charge in [0.05, 0.1) is 19.2 Å². The van der Waals surface area contributed by atoms with Gasteiger partial charge in [0.25, 0.3) is 5.91 Å². The molecule has 0 atom stereocenters. The van der Waals surface area contributed by atoms with Crippen LogP contribution in [0.5, 0.6) is 5.75 Å². The molecule has 2 aromatic rings. The van der Waals surface area contributed by atoms with Crippen molar-refractivity contribution in [1.82, 2.24) is 5.32 Å². The molecule has 0 aliphatic carbocycles. The Morgan fingerprint density at radius 2 is 2.28 bits per heavy atom. The number of methoxy groups -OCH3 is 1. The lowest BCUT2D eigenvalue weighted by molar-refractivity contribution is 0.0948. The Labute approximate surface area is 114 Å². The Morgan fingerprint density at radius 1 is 1.44 bits per heavy atom. The zero-order valence-electron chi connectivity index (χ0n) is 9.77. The highest BCUT2D eigenvalue weighted by atomic mass is 35.5. The Bertz CT molecular complexity index is 540. The minimum Gasteiger partial charge on any atom is -0.496 e. The third-order valence-corrected chi connectivity index (χ3v) is 3.52. The van der Waals surface area contributed by atoms with Crippen molar-refractivity contribution in [1.29, 1.82) is 0 Å². The van der Waals surface area contributed by atoms with Crippen LogP contribution in [0, 0.1) is 0 Å². The first-order chi connectivity index (χ1) is 8.70. The molecule has 1 aromatic heterocycles. The lowest BCUT2D eigenvalue weighted by Gasteiger charge is -2.09. The van der Waals surface area contributed by atoms with Crippen LogP contribution < -0.4 is 10.1 Å². The molecule has 1 aromatic carbocycles. The van der Waals surface area contributed by atoms with Gasteiger partial charge >= 0.3 is 0 Å². The zero-order chi connectivity index (χ0) is 13.0. The summed E-state index contributed by atoms with van der Waals surface area (Å²) in [6.07, 6.45) is 0. The molecule has 0 aliphatic heterocycles. The lowest BCUT2D eigenvalue weighted by Crippen LogP contribution is -2.22. The third kappa shape index (κ3) is 3.03. The molecule has 0 bridgehead atoms. The monoisotopic (exact) mass is 281 g/mol. The molecular formula is C13H12ClNO2S. The molecule has 0 radical (unpaired) electrons. The molecule has 3 nitrogen and oxygen atoms in total. The summed E-state index contributed by atoms with van der Waals surface area (Å²) < 4.78 is 5.14. The molecule has 2 rings (SSSR count). The van der Waals surface area contributed by atoms with Crippen LogP contribution in [-0.2, 0) is 6.54 Å². The smallest absolute Gasteiger partial charge is 0.255 e. The average molecular weight is 282 g/mol. The summed E-state index contributed by atoms with van der Waals surface area (Å²) in [5, 5.41) is 5.36. The van der Waals surface area contributed by atoms with Gasteiger partial charge in [0.1, 0.15) is 5.75 Å². The van der Waals surface area contributed by atoms with E-state index in [1.807, 2.05) is 17.5 Å².